The third kappa shape index (κ3) is 2.08. The minimum absolute atomic E-state index is 0.0475. The van der Waals surface area contributed by atoms with Gasteiger partial charge in [0.05, 0.1) is 18.3 Å². The molecule has 4 rings (SSSR count). The molecule has 1 aliphatic rings. The quantitative estimate of drug-likeness (QED) is 0.743. The third-order valence-electron chi connectivity index (χ3n) is 3.99. The van der Waals surface area contributed by atoms with Crippen LogP contribution in [0, 0.1) is 6.92 Å². The highest BCUT2D eigenvalue weighted by atomic mass is 32.1. The molecule has 0 spiro atoms. The first-order valence-corrected chi connectivity index (χ1v) is 7.86. The van der Waals surface area contributed by atoms with Crippen LogP contribution < -0.4 is 5.56 Å². The van der Waals surface area contributed by atoms with Crippen molar-refractivity contribution in [3.8, 4) is 0 Å². The molecular weight excluding hydrogens is 288 g/mol. The molecule has 7 heteroatoms. The maximum absolute atomic E-state index is 12.5. The Hall–Kier alpha value is -2.02. The van der Waals surface area contributed by atoms with E-state index in [-0.39, 0.29) is 5.56 Å². The van der Waals surface area contributed by atoms with E-state index in [0.717, 1.165) is 23.2 Å². The molecule has 1 aliphatic carbocycles. The van der Waals surface area contributed by atoms with Gasteiger partial charge in [0.1, 0.15) is 4.83 Å². The second-order valence-corrected chi connectivity index (χ2v) is 6.31. The average molecular weight is 302 g/mol. The lowest BCUT2D eigenvalue weighted by Gasteiger charge is -2.20. The molecule has 3 heterocycles. The predicted octanol–water partition coefficient (Wildman–Crippen LogP) is 2.47. The van der Waals surface area contributed by atoms with Gasteiger partial charge in [-0.05, 0) is 30.7 Å². The SMILES string of the molecule is Cc1csc2ncn(Cc3noc(C4CCC4)n3)c(=O)c12. The molecule has 0 saturated heterocycles. The summed E-state index contributed by atoms with van der Waals surface area (Å²) in [4.78, 5) is 22.0. The van der Waals surface area contributed by atoms with Crippen molar-refractivity contribution in [1.82, 2.24) is 19.7 Å². The zero-order valence-electron chi connectivity index (χ0n) is 11.6. The van der Waals surface area contributed by atoms with Crippen molar-refractivity contribution in [3.63, 3.8) is 0 Å². The topological polar surface area (TPSA) is 73.8 Å². The minimum Gasteiger partial charge on any atom is -0.339 e. The number of aromatic nitrogens is 4. The molecule has 0 radical (unpaired) electrons. The summed E-state index contributed by atoms with van der Waals surface area (Å²) in [5, 5.41) is 6.61. The van der Waals surface area contributed by atoms with Gasteiger partial charge in [-0.1, -0.05) is 11.6 Å². The summed E-state index contributed by atoms with van der Waals surface area (Å²) in [7, 11) is 0. The maximum Gasteiger partial charge on any atom is 0.262 e. The number of nitrogens with zero attached hydrogens (tertiary/aromatic N) is 4. The highest BCUT2D eigenvalue weighted by Gasteiger charge is 2.25. The summed E-state index contributed by atoms with van der Waals surface area (Å²) < 4.78 is 6.82. The molecule has 0 N–H and O–H groups in total. The van der Waals surface area contributed by atoms with Gasteiger partial charge in [-0.25, -0.2) is 4.98 Å². The molecule has 3 aromatic heterocycles. The summed E-state index contributed by atoms with van der Waals surface area (Å²) in [5.74, 6) is 1.64. The number of thiophene rings is 1. The molecule has 6 nitrogen and oxygen atoms in total. The lowest BCUT2D eigenvalue weighted by Crippen LogP contribution is -2.21. The maximum atomic E-state index is 12.5. The van der Waals surface area contributed by atoms with Crippen molar-refractivity contribution < 1.29 is 4.52 Å². The van der Waals surface area contributed by atoms with Gasteiger partial charge < -0.3 is 4.52 Å². The molecule has 0 atom stereocenters. The Kier molecular flexibility index (Phi) is 2.88. The highest BCUT2D eigenvalue weighted by molar-refractivity contribution is 7.16. The van der Waals surface area contributed by atoms with E-state index in [4.69, 9.17) is 4.52 Å². The standard InChI is InChI=1S/C14H14N4O2S/c1-8-6-21-13-11(8)14(19)18(7-15-13)5-10-16-12(20-17-10)9-3-2-4-9/h6-7,9H,2-5H2,1H3. The van der Waals surface area contributed by atoms with Crippen LogP contribution >= 0.6 is 11.3 Å². The largest absolute Gasteiger partial charge is 0.339 e. The van der Waals surface area contributed by atoms with Gasteiger partial charge in [0, 0.05) is 5.92 Å². The van der Waals surface area contributed by atoms with Crippen LogP contribution in [0.15, 0.2) is 21.0 Å². The lowest BCUT2D eigenvalue weighted by atomic mass is 9.85. The Morgan fingerprint density at radius 1 is 1.48 bits per heavy atom. The first-order valence-electron chi connectivity index (χ1n) is 6.98. The van der Waals surface area contributed by atoms with E-state index < -0.39 is 0 Å². The van der Waals surface area contributed by atoms with E-state index in [1.54, 1.807) is 6.33 Å². The van der Waals surface area contributed by atoms with Crippen molar-refractivity contribution in [2.24, 2.45) is 0 Å². The second-order valence-electron chi connectivity index (χ2n) is 5.45. The van der Waals surface area contributed by atoms with Gasteiger partial charge in [-0.2, -0.15) is 4.98 Å². The molecular formula is C14H14N4O2S. The fourth-order valence-electron chi connectivity index (χ4n) is 2.52. The van der Waals surface area contributed by atoms with Crippen LogP contribution in [0.4, 0.5) is 0 Å². The van der Waals surface area contributed by atoms with Crippen LogP contribution in [-0.4, -0.2) is 19.7 Å². The number of aryl methyl sites for hydroxylation is 1. The van der Waals surface area contributed by atoms with Gasteiger partial charge in [0.2, 0.25) is 5.89 Å². The Morgan fingerprint density at radius 2 is 2.33 bits per heavy atom. The first-order chi connectivity index (χ1) is 10.2. The number of rotatable bonds is 3. The molecule has 108 valence electrons. The van der Waals surface area contributed by atoms with Crippen LogP contribution in [0.1, 0.15) is 42.5 Å². The van der Waals surface area contributed by atoms with Gasteiger partial charge in [0.25, 0.3) is 5.56 Å². The predicted molar refractivity (Wildman–Crippen MR) is 78.6 cm³/mol. The Labute approximate surface area is 124 Å². The first kappa shape index (κ1) is 12.7. The number of hydrogen-bond acceptors (Lipinski definition) is 6. The number of fused-ring (bicyclic) bond motifs is 1. The summed E-state index contributed by atoms with van der Waals surface area (Å²) in [6.45, 7) is 2.22. The van der Waals surface area contributed by atoms with Crippen molar-refractivity contribution in [2.45, 2.75) is 38.6 Å². The molecule has 0 bridgehead atoms. The second kappa shape index (κ2) is 4.77. The normalized spacial score (nSPS) is 15.5. The molecule has 1 saturated carbocycles. The molecule has 3 aromatic rings. The van der Waals surface area contributed by atoms with Crippen LogP contribution in [0.2, 0.25) is 0 Å². The van der Waals surface area contributed by atoms with Gasteiger partial charge in [-0.15, -0.1) is 11.3 Å². The molecule has 0 aliphatic heterocycles. The summed E-state index contributed by atoms with van der Waals surface area (Å²) in [6.07, 6.45) is 5.01. The fourth-order valence-corrected chi connectivity index (χ4v) is 3.40. The van der Waals surface area contributed by atoms with E-state index >= 15 is 0 Å². The van der Waals surface area contributed by atoms with Crippen molar-refractivity contribution in [3.05, 3.63) is 39.3 Å². The monoisotopic (exact) mass is 302 g/mol. The van der Waals surface area contributed by atoms with Gasteiger partial charge in [-0.3, -0.25) is 9.36 Å². The Bertz CT molecular complexity index is 859. The molecule has 21 heavy (non-hydrogen) atoms. The summed E-state index contributed by atoms with van der Waals surface area (Å²) >= 11 is 1.49. The van der Waals surface area contributed by atoms with E-state index in [9.17, 15) is 4.79 Å². The van der Waals surface area contributed by atoms with Crippen LogP contribution in [0.5, 0.6) is 0 Å². The average Bonchev–Trinajstić information content (AvgIpc) is 2.99. The van der Waals surface area contributed by atoms with E-state index in [1.807, 2.05) is 12.3 Å². The van der Waals surface area contributed by atoms with Gasteiger partial charge >= 0.3 is 0 Å². The van der Waals surface area contributed by atoms with Crippen molar-refractivity contribution in [2.75, 3.05) is 0 Å². The smallest absolute Gasteiger partial charge is 0.262 e. The molecule has 0 aromatic carbocycles. The minimum atomic E-state index is -0.0475. The van der Waals surface area contributed by atoms with E-state index in [1.165, 1.54) is 22.3 Å². The zero-order valence-corrected chi connectivity index (χ0v) is 12.4. The number of hydrogen-bond donors (Lipinski definition) is 0. The van der Waals surface area contributed by atoms with Gasteiger partial charge in [0.15, 0.2) is 5.82 Å². The summed E-state index contributed by atoms with van der Waals surface area (Å²) in [6, 6.07) is 0. The van der Waals surface area contributed by atoms with Crippen LogP contribution in [-0.2, 0) is 6.54 Å². The Balaban J connectivity index is 1.67. The van der Waals surface area contributed by atoms with Crippen molar-refractivity contribution >= 4 is 21.6 Å². The molecule has 0 amide bonds. The van der Waals surface area contributed by atoms with Crippen LogP contribution in [0.3, 0.4) is 0 Å². The fraction of sp³-hybridized carbons (Fsp3) is 0.429. The van der Waals surface area contributed by atoms with Crippen LogP contribution in [0.25, 0.3) is 10.2 Å². The molecule has 1 fully saturated rings. The lowest BCUT2D eigenvalue weighted by molar-refractivity contribution is 0.291. The Morgan fingerprint density at radius 3 is 3.10 bits per heavy atom. The highest BCUT2D eigenvalue weighted by Crippen LogP contribution is 2.35. The summed E-state index contributed by atoms with van der Waals surface area (Å²) in [5.41, 5.74) is 0.916. The third-order valence-corrected chi connectivity index (χ3v) is 5.00. The van der Waals surface area contributed by atoms with E-state index in [0.29, 0.717) is 29.6 Å². The molecule has 0 unspecified atom stereocenters. The zero-order chi connectivity index (χ0) is 14.4. The van der Waals surface area contributed by atoms with Crippen molar-refractivity contribution in [1.29, 1.82) is 0 Å². The van der Waals surface area contributed by atoms with E-state index in [2.05, 4.69) is 15.1 Å².